The Morgan fingerprint density at radius 3 is 2.62 bits per heavy atom. The van der Waals surface area contributed by atoms with E-state index in [1.54, 1.807) is 11.3 Å². The third-order valence-corrected chi connectivity index (χ3v) is 4.93. The number of ether oxygens (including phenoxy) is 1. The number of aryl methyl sites for hydroxylation is 1. The Morgan fingerprint density at radius 1 is 1.05 bits per heavy atom. The zero-order valence-corrected chi connectivity index (χ0v) is 13.0. The van der Waals surface area contributed by atoms with Crippen LogP contribution in [-0.4, -0.2) is 0 Å². The third kappa shape index (κ3) is 2.80. The molecule has 2 aromatic carbocycles. The number of thiophene rings is 1. The lowest BCUT2D eigenvalue weighted by Crippen LogP contribution is -2.02. The minimum absolute atomic E-state index is 0.563. The number of hydrogen-bond donors (Lipinski definition) is 1. The molecule has 0 radical (unpaired) electrons. The molecular formula is C18H19NOS. The third-order valence-electron chi connectivity index (χ3n) is 3.69. The van der Waals surface area contributed by atoms with Gasteiger partial charge in [-0.05, 0) is 29.5 Å². The summed E-state index contributed by atoms with van der Waals surface area (Å²) in [5.74, 6) is 0.971. The Morgan fingerprint density at radius 2 is 1.81 bits per heavy atom. The van der Waals surface area contributed by atoms with Gasteiger partial charge in [0, 0.05) is 21.7 Å². The minimum atomic E-state index is 0.563. The normalized spacial score (nSPS) is 11.0. The molecule has 1 heterocycles. The molecule has 3 aromatic rings. The zero-order valence-electron chi connectivity index (χ0n) is 12.1. The van der Waals surface area contributed by atoms with E-state index < -0.39 is 0 Å². The number of para-hydroxylation sites is 1. The highest BCUT2D eigenvalue weighted by atomic mass is 32.1. The highest BCUT2D eigenvalue weighted by molar-refractivity contribution is 7.19. The first kappa shape index (κ1) is 14.1. The van der Waals surface area contributed by atoms with Crippen molar-refractivity contribution in [3.05, 3.63) is 64.5 Å². The first-order valence-corrected chi connectivity index (χ1v) is 8.05. The minimum Gasteiger partial charge on any atom is -0.489 e. The zero-order chi connectivity index (χ0) is 14.7. The molecule has 0 unspecified atom stereocenters. The Balaban J connectivity index is 1.91. The van der Waals surface area contributed by atoms with E-state index in [1.165, 1.54) is 26.1 Å². The smallest absolute Gasteiger partial charge is 0.122 e. The van der Waals surface area contributed by atoms with Gasteiger partial charge in [-0.15, -0.1) is 11.3 Å². The first-order valence-electron chi connectivity index (χ1n) is 7.23. The lowest BCUT2D eigenvalue weighted by molar-refractivity contribution is 0.304. The van der Waals surface area contributed by atoms with Crippen LogP contribution in [0.25, 0.3) is 10.1 Å². The molecule has 0 aliphatic rings. The van der Waals surface area contributed by atoms with Crippen molar-refractivity contribution >= 4 is 21.4 Å². The van der Waals surface area contributed by atoms with E-state index in [1.807, 2.05) is 12.1 Å². The molecule has 21 heavy (non-hydrogen) atoms. The maximum Gasteiger partial charge on any atom is 0.122 e. The van der Waals surface area contributed by atoms with E-state index in [4.69, 9.17) is 10.5 Å². The fourth-order valence-electron chi connectivity index (χ4n) is 2.56. The van der Waals surface area contributed by atoms with Crippen LogP contribution < -0.4 is 10.5 Å². The van der Waals surface area contributed by atoms with Crippen molar-refractivity contribution in [3.63, 3.8) is 0 Å². The lowest BCUT2D eigenvalue weighted by atomic mass is 10.1. The molecule has 0 bridgehead atoms. The summed E-state index contributed by atoms with van der Waals surface area (Å²) in [5, 5.41) is 1.26. The van der Waals surface area contributed by atoms with E-state index in [2.05, 4.69) is 43.3 Å². The average Bonchev–Trinajstić information content (AvgIpc) is 2.91. The summed E-state index contributed by atoms with van der Waals surface area (Å²) in [6.07, 6.45) is 0.976. The SMILES string of the molecule is CCc1ccccc1OCc1c(CN)sc2ccccc12. The van der Waals surface area contributed by atoms with E-state index in [9.17, 15) is 0 Å². The Bertz CT molecular complexity index is 748. The van der Waals surface area contributed by atoms with Crippen LogP contribution in [-0.2, 0) is 19.6 Å². The van der Waals surface area contributed by atoms with Crippen LogP contribution in [0.15, 0.2) is 48.5 Å². The summed E-state index contributed by atoms with van der Waals surface area (Å²) in [7, 11) is 0. The molecule has 0 aliphatic carbocycles. The number of benzene rings is 2. The summed E-state index contributed by atoms with van der Waals surface area (Å²) in [6.45, 7) is 3.29. The van der Waals surface area contributed by atoms with Gasteiger partial charge >= 0.3 is 0 Å². The lowest BCUT2D eigenvalue weighted by Gasteiger charge is -2.11. The molecule has 0 fully saturated rings. The van der Waals surface area contributed by atoms with Gasteiger partial charge in [0.1, 0.15) is 12.4 Å². The van der Waals surface area contributed by atoms with E-state index in [0.717, 1.165) is 12.2 Å². The van der Waals surface area contributed by atoms with Crippen LogP contribution in [0.2, 0.25) is 0 Å². The second-order valence-corrected chi connectivity index (χ2v) is 6.09. The van der Waals surface area contributed by atoms with Gasteiger partial charge in [0.05, 0.1) is 0 Å². The Hall–Kier alpha value is -1.84. The quantitative estimate of drug-likeness (QED) is 0.752. The maximum atomic E-state index is 6.07. The molecule has 3 rings (SSSR count). The summed E-state index contributed by atoms with van der Waals surface area (Å²) in [5.41, 5.74) is 8.36. The summed E-state index contributed by atoms with van der Waals surface area (Å²) in [4.78, 5) is 1.21. The number of rotatable bonds is 5. The van der Waals surface area contributed by atoms with Gasteiger partial charge in [-0.3, -0.25) is 0 Å². The molecule has 108 valence electrons. The Labute approximate surface area is 129 Å². The number of nitrogens with two attached hydrogens (primary N) is 1. The van der Waals surface area contributed by atoms with Crippen molar-refractivity contribution in [1.29, 1.82) is 0 Å². The topological polar surface area (TPSA) is 35.2 Å². The fraction of sp³-hybridized carbons (Fsp3) is 0.222. The predicted molar refractivity (Wildman–Crippen MR) is 89.9 cm³/mol. The second kappa shape index (κ2) is 6.29. The number of fused-ring (bicyclic) bond motifs is 1. The van der Waals surface area contributed by atoms with Crippen LogP contribution >= 0.6 is 11.3 Å². The molecule has 3 heteroatoms. The second-order valence-electron chi connectivity index (χ2n) is 4.95. The predicted octanol–water partition coefficient (Wildman–Crippen LogP) is 4.50. The van der Waals surface area contributed by atoms with Gasteiger partial charge in [-0.25, -0.2) is 0 Å². The molecule has 0 spiro atoms. The van der Waals surface area contributed by atoms with Crippen molar-refractivity contribution in [2.75, 3.05) is 0 Å². The van der Waals surface area contributed by atoms with Crippen molar-refractivity contribution in [2.45, 2.75) is 26.5 Å². The van der Waals surface area contributed by atoms with E-state index in [-0.39, 0.29) is 0 Å². The number of hydrogen-bond acceptors (Lipinski definition) is 3. The molecule has 0 aliphatic heterocycles. The van der Waals surface area contributed by atoms with Gasteiger partial charge in [-0.1, -0.05) is 43.3 Å². The van der Waals surface area contributed by atoms with Crippen LogP contribution in [0.1, 0.15) is 22.9 Å². The molecule has 2 N–H and O–H groups in total. The molecule has 0 saturated heterocycles. The highest BCUT2D eigenvalue weighted by Crippen LogP contribution is 2.32. The molecule has 2 nitrogen and oxygen atoms in total. The average molecular weight is 297 g/mol. The molecular weight excluding hydrogens is 278 g/mol. The maximum absolute atomic E-state index is 6.07. The van der Waals surface area contributed by atoms with E-state index in [0.29, 0.717) is 13.2 Å². The molecule has 0 saturated carbocycles. The van der Waals surface area contributed by atoms with Crippen LogP contribution in [0.4, 0.5) is 0 Å². The van der Waals surface area contributed by atoms with Crippen molar-refractivity contribution in [3.8, 4) is 5.75 Å². The van der Waals surface area contributed by atoms with Gasteiger partial charge in [0.25, 0.3) is 0 Å². The fourth-order valence-corrected chi connectivity index (χ4v) is 3.65. The molecule has 1 aromatic heterocycles. The molecule has 0 amide bonds. The first-order chi connectivity index (χ1) is 10.3. The van der Waals surface area contributed by atoms with Gasteiger partial charge in [-0.2, -0.15) is 0 Å². The summed E-state index contributed by atoms with van der Waals surface area (Å²) in [6, 6.07) is 16.6. The van der Waals surface area contributed by atoms with Crippen molar-refractivity contribution in [2.24, 2.45) is 5.73 Å². The van der Waals surface area contributed by atoms with Crippen molar-refractivity contribution < 1.29 is 4.74 Å². The molecule has 0 atom stereocenters. The monoisotopic (exact) mass is 297 g/mol. The largest absolute Gasteiger partial charge is 0.489 e. The van der Waals surface area contributed by atoms with E-state index >= 15 is 0 Å². The van der Waals surface area contributed by atoms with Gasteiger partial charge in [0.2, 0.25) is 0 Å². The van der Waals surface area contributed by atoms with Gasteiger partial charge in [0.15, 0.2) is 0 Å². The standard InChI is InChI=1S/C18H19NOS/c1-2-13-7-3-5-9-16(13)20-12-15-14-8-4-6-10-17(14)21-18(15)11-19/h3-10H,2,11-12,19H2,1H3. The summed E-state index contributed by atoms with van der Waals surface area (Å²) < 4.78 is 7.35. The van der Waals surface area contributed by atoms with Crippen LogP contribution in [0, 0.1) is 0 Å². The summed E-state index contributed by atoms with van der Waals surface area (Å²) >= 11 is 1.76. The Kier molecular flexibility index (Phi) is 4.23. The van der Waals surface area contributed by atoms with Crippen LogP contribution in [0.5, 0.6) is 5.75 Å². The highest BCUT2D eigenvalue weighted by Gasteiger charge is 2.12. The van der Waals surface area contributed by atoms with Gasteiger partial charge < -0.3 is 10.5 Å². The van der Waals surface area contributed by atoms with Crippen LogP contribution in [0.3, 0.4) is 0 Å². The van der Waals surface area contributed by atoms with Crippen molar-refractivity contribution in [1.82, 2.24) is 0 Å².